The zero-order chi connectivity index (χ0) is 14.0. The molecule has 1 aromatic rings. The van der Waals surface area contributed by atoms with Gasteiger partial charge in [-0.2, -0.15) is 5.10 Å². The van der Waals surface area contributed by atoms with Crippen molar-refractivity contribution < 1.29 is 0 Å². The average Bonchev–Trinajstić information content (AvgIpc) is 3.09. The number of nitrogens with zero attached hydrogens (tertiary/aromatic N) is 2. The predicted octanol–water partition coefficient (Wildman–Crippen LogP) is 3.84. The van der Waals surface area contributed by atoms with E-state index in [4.69, 9.17) is 10.8 Å². The Bertz CT molecular complexity index is 433. The molecule has 0 spiro atoms. The SMILES string of the molecule is CCC1CCCCC1(N)Cc1ccn(C2CCCC2)n1. The van der Waals surface area contributed by atoms with E-state index in [0.717, 1.165) is 6.42 Å². The molecule has 1 heterocycles. The van der Waals surface area contributed by atoms with Crippen molar-refractivity contribution in [2.45, 2.75) is 82.7 Å². The van der Waals surface area contributed by atoms with Crippen molar-refractivity contribution in [2.75, 3.05) is 0 Å². The Morgan fingerprint density at radius 3 is 2.75 bits per heavy atom. The number of nitrogens with two attached hydrogens (primary N) is 1. The van der Waals surface area contributed by atoms with Gasteiger partial charge < -0.3 is 5.73 Å². The summed E-state index contributed by atoms with van der Waals surface area (Å²) in [7, 11) is 0. The lowest BCUT2D eigenvalue weighted by Gasteiger charge is -2.40. The molecule has 3 nitrogen and oxygen atoms in total. The van der Waals surface area contributed by atoms with E-state index < -0.39 is 0 Å². The minimum atomic E-state index is -0.0120. The minimum absolute atomic E-state index is 0.0120. The normalized spacial score (nSPS) is 31.8. The highest BCUT2D eigenvalue weighted by atomic mass is 15.3. The summed E-state index contributed by atoms with van der Waals surface area (Å²) in [5, 5.41) is 4.84. The van der Waals surface area contributed by atoms with Crippen LogP contribution in [-0.4, -0.2) is 15.3 Å². The van der Waals surface area contributed by atoms with Gasteiger partial charge in [0, 0.05) is 18.2 Å². The van der Waals surface area contributed by atoms with Crippen LogP contribution in [0.4, 0.5) is 0 Å². The van der Waals surface area contributed by atoms with Gasteiger partial charge in [-0.25, -0.2) is 0 Å². The first kappa shape index (κ1) is 14.1. The Kier molecular flexibility index (Phi) is 4.16. The molecule has 0 radical (unpaired) electrons. The van der Waals surface area contributed by atoms with Crippen molar-refractivity contribution in [1.82, 2.24) is 9.78 Å². The van der Waals surface area contributed by atoms with Gasteiger partial charge in [0.15, 0.2) is 0 Å². The van der Waals surface area contributed by atoms with Crippen LogP contribution >= 0.6 is 0 Å². The zero-order valence-corrected chi connectivity index (χ0v) is 12.9. The highest BCUT2D eigenvalue weighted by Crippen LogP contribution is 2.36. The summed E-state index contributed by atoms with van der Waals surface area (Å²) in [6, 6.07) is 2.85. The van der Waals surface area contributed by atoms with Gasteiger partial charge in [-0.3, -0.25) is 4.68 Å². The molecule has 2 N–H and O–H groups in total. The standard InChI is InChI=1S/C17H29N3/c1-2-14-7-5-6-11-17(14,18)13-15-10-12-20(19-15)16-8-3-4-9-16/h10,12,14,16H,2-9,11,13,18H2,1H3. The Morgan fingerprint density at radius 2 is 2.00 bits per heavy atom. The average molecular weight is 275 g/mol. The van der Waals surface area contributed by atoms with Crippen LogP contribution in [0.3, 0.4) is 0 Å². The number of hydrogen-bond donors (Lipinski definition) is 1. The first-order valence-corrected chi connectivity index (χ1v) is 8.54. The van der Waals surface area contributed by atoms with Gasteiger partial charge in [-0.05, 0) is 37.7 Å². The molecule has 0 saturated heterocycles. The van der Waals surface area contributed by atoms with Crippen LogP contribution in [-0.2, 0) is 6.42 Å². The van der Waals surface area contributed by atoms with E-state index in [-0.39, 0.29) is 5.54 Å². The second-order valence-electron chi connectivity index (χ2n) is 6.99. The Hall–Kier alpha value is -0.830. The van der Waals surface area contributed by atoms with Gasteiger partial charge in [0.25, 0.3) is 0 Å². The van der Waals surface area contributed by atoms with Gasteiger partial charge in [-0.15, -0.1) is 0 Å². The van der Waals surface area contributed by atoms with Gasteiger partial charge in [0.05, 0.1) is 11.7 Å². The van der Waals surface area contributed by atoms with Crippen LogP contribution in [0.25, 0.3) is 0 Å². The topological polar surface area (TPSA) is 43.8 Å². The lowest BCUT2D eigenvalue weighted by Crippen LogP contribution is -2.51. The van der Waals surface area contributed by atoms with E-state index in [2.05, 4.69) is 23.9 Å². The lowest BCUT2D eigenvalue weighted by atomic mass is 9.70. The molecular weight excluding hydrogens is 246 g/mol. The Morgan fingerprint density at radius 1 is 1.25 bits per heavy atom. The molecule has 3 rings (SSSR count). The maximum absolute atomic E-state index is 6.76. The van der Waals surface area contributed by atoms with Crippen molar-refractivity contribution in [3.8, 4) is 0 Å². The summed E-state index contributed by atoms with van der Waals surface area (Å²) in [5.41, 5.74) is 7.96. The fraction of sp³-hybridized carbons (Fsp3) is 0.824. The molecule has 2 aliphatic rings. The fourth-order valence-corrected chi connectivity index (χ4v) is 4.36. The van der Waals surface area contributed by atoms with Crippen LogP contribution in [0, 0.1) is 5.92 Å². The molecule has 0 aliphatic heterocycles. The summed E-state index contributed by atoms with van der Waals surface area (Å²) in [4.78, 5) is 0. The van der Waals surface area contributed by atoms with Crippen molar-refractivity contribution in [2.24, 2.45) is 11.7 Å². The first-order chi connectivity index (χ1) is 9.71. The highest BCUT2D eigenvalue weighted by Gasteiger charge is 2.36. The van der Waals surface area contributed by atoms with Crippen LogP contribution in [0.15, 0.2) is 12.3 Å². The van der Waals surface area contributed by atoms with E-state index in [1.165, 1.54) is 63.5 Å². The van der Waals surface area contributed by atoms with Crippen LogP contribution in [0.5, 0.6) is 0 Å². The monoisotopic (exact) mass is 275 g/mol. The largest absolute Gasteiger partial charge is 0.324 e. The second-order valence-corrected chi connectivity index (χ2v) is 6.99. The number of rotatable bonds is 4. The van der Waals surface area contributed by atoms with Crippen molar-refractivity contribution in [3.05, 3.63) is 18.0 Å². The van der Waals surface area contributed by atoms with E-state index in [1.807, 2.05) is 0 Å². The van der Waals surface area contributed by atoms with Gasteiger partial charge in [0.1, 0.15) is 0 Å². The van der Waals surface area contributed by atoms with E-state index in [0.29, 0.717) is 12.0 Å². The van der Waals surface area contributed by atoms with Crippen molar-refractivity contribution in [3.63, 3.8) is 0 Å². The molecule has 2 saturated carbocycles. The molecule has 0 amide bonds. The molecule has 2 unspecified atom stereocenters. The maximum atomic E-state index is 6.76. The van der Waals surface area contributed by atoms with E-state index in [9.17, 15) is 0 Å². The smallest absolute Gasteiger partial charge is 0.0643 e. The lowest BCUT2D eigenvalue weighted by molar-refractivity contribution is 0.180. The number of hydrogen-bond acceptors (Lipinski definition) is 2. The third kappa shape index (κ3) is 2.78. The molecule has 112 valence electrons. The molecule has 2 fully saturated rings. The second kappa shape index (κ2) is 5.88. The van der Waals surface area contributed by atoms with Gasteiger partial charge in [0.2, 0.25) is 0 Å². The maximum Gasteiger partial charge on any atom is 0.0643 e. The van der Waals surface area contributed by atoms with Crippen LogP contribution in [0.2, 0.25) is 0 Å². The molecule has 3 heteroatoms. The molecule has 2 atom stereocenters. The summed E-state index contributed by atoms with van der Waals surface area (Å²) >= 11 is 0. The summed E-state index contributed by atoms with van der Waals surface area (Å²) in [6.07, 6.45) is 14.8. The minimum Gasteiger partial charge on any atom is -0.324 e. The van der Waals surface area contributed by atoms with Crippen molar-refractivity contribution >= 4 is 0 Å². The molecule has 0 bridgehead atoms. The zero-order valence-electron chi connectivity index (χ0n) is 12.9. The van der Waals surface area contributed by atoms with E-state index in [1.54, 1.807) is 0 Å². The van der Waals surface area contributed by atoms with Gasteiger partial charge in [-0.1, -0.05) is 39.0 Å². The fourth-order valence-electron chi connectivity index (χ4n) is 4.36. The molecule has 1 aromatic heterocycles. The van der Waals surface area contributed by atoms with Crippen LogP contribution < -0.4 is 5.73 Å². The summed E-state index contributed by atoms with van der Waals surface area (Å²) < 4.78 is 2.20. The number of aromatic nitrogens is 2. The third-order valence-corrected chi connectivity index (χ3v) is 5.62. The Balaban J connectivity index is 1.70. The van der Waals surface area contributed by atoms with Crippen molar-refractivity contribution in [1.29, 1.82) is 0 Å². The van der Waals surface area contributed by atoms with Crippen LogP contribution in [0.1, 0.15) is 76.4 Å². The summed E-state index contributed by atoms with van der Waals surface area (Å²) in [5.74, 6) is 0.674. The Labute approximate surface area is 122 Å². The molecule has 2 aliphatic carbocycles. The molecular formula is C17H29N3. The quantitative estimate of drug-likeness (QED) is 0.907. The molecule has 20 heavy (non-hydrogen) atoms. The summed E-state index contributed by atoms with van der Waals surface area (Å²) in [6.45, 7) is 2.29. The third-order valence-electron chi connectivity index (χ3n) is 5.62. The predicted molar refractivity (Wildman–Crippen MR) is 82.6 cm³/mol. The highest BCUT2D eigenvalue weighted by molar-refractivity contribution is 5.09. The van der Waals surface area contributed by atoms with E-state index >= 15 is 0 Å². The molecule has 0 aromatic carbocycles. The first-order valence-electron chi connectivity index (χ1n) is 8.54. The van der Waals surface area contributed by atoms with Gasteiger partial charge >= 0.3 is 0 Å².